The molecule has 3 aliphatic carbocycles. The topological polar surface area (TPSA) is 0 Å². The summed E-state index contributed by atoms with van der Waals surface area (Å²) >= 11 is -4.51. The second-order valence-electron chi connectivity index (χ2n) is 17.3. The number of hydrogen-bond acceptors (Lipinski definition) is 0. The fraction of sp³-hybridized carbons (Fsp3) is 0.465. The van der Waals surface area contributed by atoms with Crippen LogP contribution in [0.1, 0.15) is 144 Å². The summed E-state index contributed by atoms with van der Waals surface area (Å²) in [6, 6.07) is 22.9. The molecule has 3 aromatic rings. The number of allylic oxidation sites excluding steroid dienone is 4. The van der Waals surface area contributed by atoms with E-state index in [1.165, 1.54) is 52.6 Å². The maximum atomic E-state index is 5.94. The zero-order valence-electron chi connectivity index (χ0n) is 30.1. The molecule has 3 aromatic carbocycles. The van der Waals surface area contributed by atoms with Gasteiger partial charge < -0.3 is 0 Å². The van der Waals surface area contributed by atoms with Crippen LogP contribution in [0.4, 0.5) is 0 Å². The Bertz CT molecular complexity index is 1660. The summed E-state index contributed by atoms with van der Waals surface area (Å²) in [5.41, 5.74) is 12.1. The van der Waals surface area contributed by atoms with Crippen molar-refractivity contribution in [3.8, 4) is 11.1 Å². The molecule has 3 heteroatoms. The third-order valence-corrected chi connectivity index (χ3v) is 31.4. The fourth-order valence-corrected chi connectivity index (χ4v) is 29.1. The molecule has 0 heterocycles. The molecule has 0 nitrogen and oxygen atoms in total. The third kappa shape index (κ3) is 5.67. The first kappa shape index (κ1) is 37.3. The van der Waals surface area contributed by atoms with Gasteiger partial charge in [-0.2, -0.15) is 0 Å². The van der Waals surface area contributed by atoms with Crippen LogP contribution >= 0.6 is 24.8 Å². The van der Waals surface area contributed by atoms with Crippen molar-refractivity contribution < 1.29 is 18.3 Å². The van der Waals surface area contributed by atoms with Gasteiger partial charge in [-0.15, -0.1) is 24.8 Å². The Balaban J connectivity index is 0.00000240. The number of benzene rings is 3. The van der Waals surface area contributed by atoms with Gasteiger partial charge >= 0.3 is 271 Å². The minimum atomic E-state index is -4.51. The van der Waals surface area contributed by atoms with Crippen molar-refractivity contribution in [3.63, 3.8) is 0 Å². The van der Waals surface area contributed by atoms with Gasteiger partial charge in [0.1, 0.15) is 0 Å². The molecular formula is C43H58Cl2Zr. The predicted octanol–water partition coefficient (Wildman–Crippen LogP) is 12.7. The van der Waals surface area contributed by atoms with E-state index in [9.17, 15) is 0 Å². The summed E-state index contributed by atoms with van der Waals surface area (Å²) in [6.45, 7) is 23.7. The summed E-state index contributed by atoms with van der Waals surface area (Å²) in [7, 11) is 0. The quantitative estimate of drug-likeness (QED) is 0.236. The van der Waals surface area contributed by atoms with E-state index in [-0.39, 0.29) is 35.6 Å². The van der Waals surface area contributed by atoms with Gasteiger partial charge in [0.15, 0.2) is 0 Å². The Hall–Kier alpha value is -1.53. The Kier molecular flexibility index (Phi) is 10.3. The summed E-state index contributed by atoms with van der Waals surface area (Å²) in [5.74, 6) is 0.973. The van der Waals surface area contributed by atoms with E-state index in [1.54, 1.807) is 17.7 Å². The first-order valence-corrected chi connectivity index (χ1v) is 24.4. The Labute approximate surface area is 294 Å². The van der Waals surface area contributed by atoms with Crippen molar-refractivity contribution in [2.45, 2.75) is 125 Å². The number of halogens is 2. The molecule has 0 radical (unpaired) electrons. The normalized spacial score (nSPS) is 16.9. The van der Waals surface area contributed by atoms with Gasteiger partial charge in [0.25, 0.3) is 0 Å². The zero-order valence-corrected chi connectivity index (χ0v) is 34.2. The molecule has 248 valence electrons. The van der Waals surface area contributed by atoms with Crippen LogP contribution in [0.25, 0.3) is 11.1 Å². The van der Waals surface area contributed by atoms with Gasteiger partial charge in [-0.25, -0.2) is 0 Å². The SMILES string of the molecule is Cl.Cl.[CH2]=[Zr]([C]1=CC=CC1)([c]1cc(C(C)C)cc(C(C)C)c1)([CH]1CCC1)[CH]1c2cc(C(C)(C)C)ccc2-c2ccc(C(C)(C)C)cc21. The minimum absolute atomic E-state index is 0. The van der Waals surface area contributed by atoms with Crippen LogP contribution in [-0.4, -0.2) is 4.21 Å². The molecule has 46 heavy (non-hydrogen) atoms. The Morgan fingerprint density at radius 3 is 1.52 bits per heavy atom. The molecule has 1 fully saturated rings. The van der Waals surface area contributed by atoms with Crippen LogP contribution in [0.3, 0.4) is 0 Å². The number of fused-ring (bicyclic) bond motifs is 3. The molecule has 0 amide bonds. The predicted molar refractivity (Wildman–Crippen MR) is 206 cm³/mol. The summed E-state index contributed by atoms with van der Waals surface area (Å²) in [4.78, 5) is 0. The fourth-order valence-electron chi connectivity index (χ4n) is 8.81. The molecule has 0 spiro atoms. The Morgan fingerprint density at radius 2 is 1.17 bits per heavy atom. The van der Waals surface area contributed by atoms with Crippen LogP contribution < -0.4 is 3.27 Å². The molecule has 0 unspecified atom stereocenters. The average Bonchev–Trinajstić information content (AvgIpc) is 3.58. The third-order valence-electron chi connectivity index (χ3n) is 12.0. The van der Waals surface area contributed by atoms with Crippen molar-refractivity contribution in [1.82, 2.24) is 0 Å². The molecule has 1 saturated carbocycles. The molecule has 0 aromatic heterocycles. The van der Waals surface area contributed by atoms with E-state index in [2.05, 4.69) is 142 Å². The molecule has 6 rings (SSSR count). The van der Waals surface area contributed by atoms with Gasteiger partial charge in [-0.3, -0.25) is 0 Å². The molecule has 0 atom stereocenters. The van der Waals surface area contributed by atoms with Gasteiger partial charge in [-0.05, 0) is 0 Å². The van der Waals surface area contributed by atoms with Crippen molar-refractivity contribution in [1.29, 1.82) is 0 Å². The van der Waals surface area contributed by atoms with Gasteiger partial charge in [0, 0.05) is 0 Å². The average molecular weight is 737 g/mol. The van der Waals surface area contributed by atoms with E-state index < -0.39 is 18.3 Å². The Morgan fingerprint density at radius 1 is 0.696 bits per heavy atom. The zero-order chi connectivity index (χ0) is 31.8. The van der Waals surface area contributed by atoms with Crippen molar-refractivity contribution in [2.75, 3.05) is 0 Å². The number of hydrogen-bond donors (Lipinski definition) is 0. The van der Waals surface area contributed by atoms with Crippen LogP contribution in [0.5, 0.6) is 0 Å². The van der Waals surface area contributed by atoms with Gasteiger partial charge in [-0.1, -0.05) is 0 Å². The second kappa shape index (κ2) is 12.7. The monoisotopic (exact) mass is 734 g/mol. The van der Waals surface area contributed by atoms with Crippen molar-refractivity contribution in [3.05, 3.63) is 109 Å². The standard InChI is InChI=1S/C21H25.C12H17.C5H5.C4H7.CH2.2ClH.Zr/c1-20(2,3)16-7-9-18-14(12-16)11-15-13-17(21(4,5)6)8-10-19(15)18;1-9(2)11-6-5-7-12(8-11)10(3)4;1-2-4-5-3-1;1-2-4-3-1;;;;/h7-13H,1-6H3;6-10H,1-4H3;1-3H,4H2;1H,2-4H2;1H2;2*1H;. The molecule has 0 saturated heterocycles. The first-order chi connectivity index (χ1) is 20.5. The van der Waals surface area contributed by atoms with Crippen LogP contribution in [0.15, 0.2) is 76.1 Å². The first-order valence-electron chi connectivity index (χ1n) is 17.4. The molecular weight excluding hydrogens is 679 g/mol. The van der Waals surface area contributed by atoms with Gasteiger partial charge in [0.05, 0.1) is 0 Å². The van der Waals surface area contributed by atoms with E-state index >= 15 is 0 Å². The summed E-state index contributed by atoms with van der Waals surface area (Å²) in [5, 5.41) is 0. The van der Waals surface area contributed by atoms with Crippen LogP contribution in [-0.2, 0) is 29.1 Å². The van der Waals surface area contributed by atoms with E-state index in [1.807, 2.05) is 0 Å². The van der Waals surface area contributed by atoms with Crippen molar-refractivity contribution in [2.24, 2.45) is 0 Å². The molecule has 0 aliphatic heterocycles. The van der Waals surface area contributed by atoms with E-state index in [0.29, 0.717) is 19.1 Å². The van der Waals surface area contributed by atoms with Crippen LogP contribution in [0, 0.1) is 0 Å². The van der Waals surface area contributed by atoms with Gasteiger partial charge in [0.2, 0.25) is 0 Å². The van der Waals surface area contributed by atoms with Crippen LogP contribution in [0.2, 0.25) is 3.63 Å². The molecule has 0 N–H and O–H groups in total. The summed E-state index contributed by atoms with van der Waals surface area (Å²) in [6.07, 6.45) is 12.4. The van der Waals surface area contributed by atoms with Crippen molar-refractivity contribution >= 4 is 32.3 Å². The van der Waals surface area contributed by atoms with E-state index in [4.69, 9.17) is 4.21 Å². The molecule has 3 aliphatic rings. The summed E-state index contributed by atoms with van der Waals surface area (Å²) < 4.78 is 10.3. The second-order valence-corrected chi connectivity index (χ2v) is 31.8. The van der Waals surface area contributed by atoms with E-state index in [0.717, 1.165) is 6.42 Å². The number of rotatable bonds is 6. The molecule has 0 bridgehead atoms. The maximum absolute atomic E-state index is 5.94.